The smallest absolute Gasteiger partial charge is 0.273 e. The first-order chi connectivity index (χ1) is 15.5. The average Bonchev–Trinajstić information content (AvgIpc) is 3.30. The number of pyridine rings is 1. The van der Waals surface area contributed by atoms with Gasteiger partial charge in [0, 0.05) is 37.1 Å². The Morgan fingerprint density at radius 1 is 1.22 bits per heavy atom. The highest BCUT2D eigenvalue weighted by Crippen LogP contribution is 2.27. The highest BCUT2D eigenvalue weighted by molar-refractivity contribution is 5.91. The van der Waals surface area contributed by atoms with Gasteiger partial charge in [0.25, 0.3) is 5.91 Å². The van der Waals surface area contributed by atoms with Crippen molar-refractivity contribution in [2.45, 2.75) is 45.9 Å². The van der Waals surface area contributed by atoms with E-state index >= 15 is 0 Å². The van der Waals surface area contributed by atoms with E-state index in [0.717, 1.165) is 29.0 Å². The quantitative estimate of drug-likeness (QED) is 0.487. The summed E-state index contributed by atoms with van der Waals surface area (Å²) in [6.45, 7) is 5.75. The second-order valence-electron chi connectivity index (χ2n) is 7.51. The van der Waals surface area contributed by atoms with Crippen LogP contribution < -0.4 is 14.8 Å². The standard InChI is InChI=1S/C24H30N4O4/c1-5-17(2)28(14-19-11-20(30-3)8-9-22(19)31-4)15-23-27-21(16-32-23)24(29)26-13-18-7-6-10-25-12-18/h6-12,16-17H,5,13-15H2,1-4H3,(H,26,29)/t17-/m0/s1. The molecule has 0 unspecified atom stereocenters. The first kappa shape index (κ1) is 23.3. The highest BCUT2D eigenvalue weighted by atomic mass is 16.5. The third-order valence-electron chi connectivity index (χ3n) is 5.37. The number of carbonyl (C=O) groups excluding carboxylic acids is 1. The first-order valence-electron chi connectivity index (χ1n) is 10.6. The zero-order chi connectivity index (χ0) is 22.9. The molecule has 0 aliphatic heterocycles. The van der Waals surface area contributed by atoms with E-state index in [2.05, 4.69) is 34.0 Å². The van der Waals surface area contributed by atoms with Gasteiger partial charge in [-0.3, -0.25) is 14.7 Å². The average molecular weight is 439 g/mol. The van der Waals surface area contributed by atoms with Gasteiger partial charge in [-0.1, -0.05) is 13.0 Å². The van der Waals surface area contributed by atoms with Gasteiger partial charge >= 0.3 is 0 Å². The maximum absolute atomic E-state index is 12.5. The number of nitrogens with zero attached hydrogens (tertiary/aromatic N) is 3. The van der Waals surface area contributed by atoms with E-state index in [0.29, 0.717) is 25.5 Å². The number of nitrogens with one attached hydrogen (secondary N) is 1. The van der Waals surface area contributed by atoms with Gasteiger partial charge in [0.15, 0.2) is 5.69 Å². The van der Waals surface area contributed by atoms with Crippen LogP contribution in [-0.4, -0.2) is 41.0 Å². The Bertz CT molecular complexity index is 1010. The summed E-state index contributed by atoms with van der Waals surface area (Å²) in [5, 5.41) is 2.84. The van der Waals surface area contributed by atoms with Gasteiger partial charge in [-0.15, -0.1) is 0 Å². The molecule has 3 rings (SSSR count). The summed E-state index contributed by atoms with van der Waals surface area (Å²) in [7, 11) is 3.30. The molecule has 1 aromatic carbocycles. The lowest BCUT2D eigenvalue weighted by Crippen LogP contribution is -2.32. The Hall–Kier alpha value is -3.39. The van der Waals surface area contributed by atoms with Crippen LogP contribution in [0.4, 0.5) is 0 Å². The number of ether oxygens (including phenoxy) is 2. The molecule has 32 heavy (non-hydrogen) atoms. The van der Waals surface area contributed by atoms with Gasteiger partial charge in [0.1, 0.15) is 17.8 Å². The zero-order valence-electron chi connectivity index (χ0n) is 19.0. The molecular weight excluding hydrogens is 408 g/mol. The zero-order valence-corrected chi connectivity index (χ0v) is 19.0. The van der Waals surface area contributed by atoms with E-state index in [4.69, 9.17) is 13.9 Å². The van der Waals surface area contributed by atoms with Gasteiger partial charge in [0.2, 0.25) is 5.89 Å². The third kappa shape index (κ3) is 6.07. The maximum Gasteiger partial charge on any atom is 0.273 e. The number of oxazole rings is 1. The second-order valence-corrected chi connectivity index (χ2v) is 7.51. The van der Waals surface area contributed by atoms with Crippen molar-refractivity contribution in [3.63, 3.8) is 0 Å². The topological polar surface area (TPSA) is 89.7 Å². The molecule has 1 amide bonds. The van der Waals surface area contributed by atoms with Gasteiger partial charge in [-0.25, -0.2) is 4.98 Å². The minimum atomic E-state index is -0.284. The molecule has 3 aromatic rings. The van der Waals surface area contributed by atoms with Crippen LogP contribution in [-0.2, 0) is 19.6 Å². The lowest BCUT2D eigenvalue weighted by molar-refractivity contribution is 0.0945. The molecule has 0 aliphatic rings. The summed E-state index contributed by atoms with van der Waals surface area (Å²) < 4.78 is 16.5. The SMILES string of the molecule is CC[C@H](C)N(Cc1nc(C(=O)NCc2cccnc2)co1)Cc1cc(OC)ccc1OC. The van der Waals surface area contributed by atoms with Crippen molar-refractivity contribution < 1.29 is 18.7 Å². The van der Waals surface area contributed by atoms with E-state index in [1.165, 1.54) is 6.26 Å². The van der Waals surface area contributed by atoms with Crippen LogP contribution >= 0.6 is 0 Å². The molecule has 170 valence electrons. The van der Waals surface area contributed by atoms with Gasteiger partial charge in [-0.05, 0) is 43.2 Å². The number of aromatic nitrogens is 2. The summed E-state index contributed by atoms with van der Waals surface area (Å²) in [4.78, 5) is 23.1. The molecule has 0 saturated carbocycles. The largest absolute Gasteiger partial charge is 0.497 e. The molecule has 1 N–H and O–H groups in total. The normalized spacial score (nSPS) is 11.9. The van der Waals surface area contributed by atoms with Crippen LogP contribution in [0, 0.1) is 0 Å². The molecule has 8 nitrogen and oxygen atoms in total. The fraction of sp³-hybridized carbons (Fsp3) is 0.375. The monoisotopic (exact) mass is 438 g/mol. The lowest BCUT2D eigenvalue weighted by Gasteiger charge is -2.28. The van der Waals surface area contributed by atoms with Gasteiger partial charge in [-0.2, -0.15) is 0 Å². The highest BCUT2D eigenvalue weighted by Gasteiger charge is 2.20. The van der Waals surface area contributed by atoms with Crippen LogP contribution in [0.3, 0.4) is 0 Å². The Balaban J connectivity index is 1.69. The molecule has 0 saturated heterocycles. The summed E-state index contributed by atoms with van der Waals surface area (Å²) in [6.07, 6.45) is 5.75. The van der Waals surface area contributed by atoms with Crippen molar-refractivity contribution in [1.82, 2.24) is 20.2 Å². The second kappa shape index (κ2) is 11.3. The molecule has 1 atom stereocenters. The van der Waals surface area contributed by atoms with Gasteiger partial charge in [0.05, 0.1) is 20.8 Å². The molecule has 2 heterocycles. The molecule has 0 fully saturated rings. The Labute approximate surface area is 188 Å². The summed E-state index contributed by atoms with van der Waals surface area (Å²) in [6, 6.07) is 9.75. The minimum Gasteiger partial charge on any atom is -0.497 e. The van der Waals surface area contributed by atoms with E-state index in [1.54, 1.807) is 26.6 Å². The van der Waals surface area contributed by atoms with Crippen molar-refractivity contribution in [3.8, 4) is 11.5 Å². The molecular formula is C24H30N4O4. The Morgan fingerprint density at radius 3 is 2.75 bits per heavy atom. The predicted molar refractivity (Wildman–Crippen MR) is 120 cm³/mol. The van der Waals surface area contributed by atoms with Crippen LogP contribution in [0.1, 0.15) is 47.8 Å². The summed E-state index contributed by atoms with van der Waals surface area (Å²) >= 11 is 0. The van der Waals surface area contributed by atoms with E-state index in [-0.39, 0.29) is 17.6 Å². The van der Waals surface area contributed by atoms with Crippen LogP contribution in [0.25, 0.3) is 0 Å². The maximum atomic E-state index is 12.5. The number of amides is 1. The lowest BCUT2D eigenvalue weighted by atomic mass is 10.1. The molecule has 0 radical (unpaired) electrons. The number of methoxy groups -OCH3 is 2. The number of benzene rings is 1. The molecule has 2 aromatic heterocycles. The number of hydrogen-bond acceptors (Lipinski definition) is 7. The van der Waals surface area contributed by atoms with E-state index in [9.17, 15) is 4.79 Å². The van der Waals surface area contributed by atoms with E-state index in [1.807, 2.05) is 30.3 Å². The number of rotatable bonds is 11. The van der Waals surface area contributed by atoms with Crippen LogP contribution in [0.2, 0.25) is 0 Å². The van der Waals surface area contributed by atoms with Crippen molar-refractivity contribution >= 4 is 5.91 Å². The van der Waals surface area contributed by atoms with Crippen molar-refractivity contribution in [2.75, 3.05) is 14.2 Å². The minimum absolute atomic E-state index is 0.256. The summed E-state index contributed by atoms with van der Waals surface area (Å²) in [5.41, 5.74) is 2.18. The first-order valence-corrected chi connectivity index (χ1v) is 10.6. The van der Waals surface area contributed by atoms with E-state index < -0.39 is 0 Å². The van der Waals surface area contributed by atoms with Crippen molar-refractivity contribution in [3.05, 3.63) is 71.7 Å². The fourth-order valence-electron chi connectivity index (χ4n) is 3.29. The number of carbonyl (C=O) groups is 1. The van der Waals surface area contributed by atoms with Crippen molar-refractivity contribution in [1.29, 1.82) is 0 Å². The Kier molecular flexibility index (Phi) is 8.21. The number of hydrogen-bond donors (Lipinski definition) is 1. The summed E-state index contributed by atoms with van der Waals surface area (Å²) in [5.74, 6) is 1.77. The van der Waals surface area contributed by atoms with Crippen LogP contribution in [0.5, 0.6) is 11.5 Å². The molecule has 0 bridgehead atoms. The molecule has 8 heteroatoms. The molecule has 0 aliphatic carbocycles. The van der Waals surface area contributed by atoms with Crippen molar-refractivity contribution in [2.24, 2.45) is 0 Å². The molecule has 0 spiro atoms. The third-order valence-corrected chi connectivity index (χ3v) is 5.37. The predicted octanol–water partition coefficient (Wildman–Crippen LogP) is 3.82. The fourth-order valence-corrected chi connectivity index (χ4v) is 3.29. The van der Waals surface area contributed by atoms with Gasteiger partial charge < -0.3 is 19.2 Å². The Morgan fingerprint density at radius 2 is 2.06 bits per heavy atom. The van der Waals surface area contributed by atoms with Crippen LogP contribution in [0.15, 0.2) is 53.4 Å².